The summed E-state index contributed by atoms with van der Waals surface area (Å²) in [7, 11) is -0.486. The maximum Gasteiger partial charge on any atom is 0.315 e. The molecule has 5 aromatic rings. The number of para-hydroxylation sites is 1. The lowest BCUT2D eigenvalue weighted by Gasteiger charge is -2.25. The summed E-state index contributed by atoms with van der Waals surface area (Å²) in [5, 5.41) is 4.33. The molecule has 1 aromatic heterocycles. The van der Waals surface area contributed by atoms with Crippen molar-refractivity contribution in [3.8, 4) is 5.69 Å². The highest BCUT2D eigenvalue weighted by atomic mass is 127. The third-order valence-electron chi connectivity index (χ3n) is 5.83. The summed E-state index contributed by atoms with van der Waals surface area (Å²) < 4.78 is 3.68. The van der Waals surface area contributed by atoms with Gasteiger partial charge in [-0.3, -0.25) is 9.48 Å². The van der Waals surface area contributed by atoms with E-state index in [2.05, 4.69) is 72.8 Å². The van der Waals surface area contributed by atoms with Gasteiger partial charge in [0.15, 0.2) is 12.6 Å². The molecule has 5 rings (SSSR count). The van der Waals surface area contributed by atoms with Gasteiger partial charge in [0.05, 0.1) is 11.9 Å². The van der Waals surface area contributed by atoms with Crippen LogP contribution in [0, 0.1) is 0 Å². The number of aromatic nitrogens is 2. The van der Waals surface area contributed by atoms with E-state index in [1.54, 1.807) is 4.68 Å². The van der Waals surface area contributed by atoms with Crippen molar-refractivity contribution in [3.05, 3.63) is 138 Å². The normalized spacial score (nSPS) is 11.1. The summed E-state index contributed by atoms with van der Waals surface area (Å²) in [6.45, 7) is 0. The zero-order valence-electron chi connectivity index (χ0n) is 18.3. The topological polar surface area (TPSA) is 26.9 Å². The van der Waals surface area contributed by atoms with Crippen molar-refractivity contribution >= 4 is 28.5 Å². The van der Waals surface area contributed by atoms with Gasteiger partial charge in [-0.15, -0.1) is 0 Å². The molecular weight excluding hydrogens is 538 g/mol. The van der Waals surface area contributed by atoms with Crippen molar-refractivity contribution in [2.75, 3.05) is 0 Å². The van der Waals surface area contributed by atoms with Gasteiger partial charge in [0.2, 0.25) is 0 Å². The molecule has 3 nitrogen and oxygen atoms in total. The van der Waals surface area contributed by atoms with Gasteiger partial charge in [0.25, 0.3) is 0 Å². The lowest BCUT2D eigenvalue weighted by atomic mass is 10.3. The van der Waals surface area contributed by atoms with Crippen LogP contribution in [0.25, 0.3) is 5.69 Å². The SMILES string of the molecule is Cn1cc([P+](c2ccccc2)(c2ccccc2)c2ccccc2)c(=O)n1-c1ccccc1.[I-]. The molecule has 5 heteroatoms. The fraction of sp³-hybridized carbons (Fsp3) is 0.0357. The Balaban J connectivity index is 0.00000259. The van der Waals surface area contributed by atoms with Gasteiger partial charge in [0, 0.05) is 7.05 Å². The maximum absolute atomic E-state index is 14.1. The van der Waals surface area contributed by atoms with Crippen molar-refractivity contribution in [2.45, 2.75) is 0 Å². The monoisotopic (exact) mass is 562 g/mol. The van der Waals surface area contributed by atoms with E-state index in [-0.39, 0.29) is 29.5 Å². The summed E-state index contributed by atoms with van der Waals surface area (Å²) >= 11 is 0. The minimum absolute atomic E-state index is 0. The molecule has 0 bridgehead atoms. The molecule has 0 fully saturated rings. The Kier molecular flexibility index (Phi) is 6.96. The van der Waals surface area contributed by atoms with Crippen molar-refractivity contribution in [1.82, 2.24) is 9.36 Å². The first-order valence-electron chi connectivity index (χ1n) is 10.6. The zero-order valence-corrected chi connectivity index (χ0v) is 21.3. The van der Waals surface area contributed by atoms with Crippen molar-refractivity contribution in [2.24, 2.45) is 7.05 Å². The van der Waals surface area contributed by atoms with Crippen LogP contribution in [-0.2, 0) is 7.05 Å². The molecule has 0 aliphatic rings. The van der Waals surface area contributed by atoms with Crippen LogP contribution in [0.15, 0.2) is 132 Å². The van der Waals surface area contributed by atoms with Gasteiger partial charge < -0.3 is 24.0 Å². The van der Waals surface area contributed by atoms with E-state index in [0.29, 0.717) is 0 Å². The van der Waals surface area contributed by atoms with Crippen LogP contribution >= 0.6 is 7.26 Å². The third-order valence-corrected chi connectivity index (χ3v) is 10.1. The third kappa shape index (κ3) is 3.98. The van der Waals surface area contributed by atoms with E-state index in [0.717, 1.165) is 11.0 Å². The molecule has 0 spiro atoms. The van der Waals surface area contributed by atoms with E-state index in [1.807, 2.05) is 66.5 Å². The Morgan fingerprint density at radius 2 is 0.939 bits per heavy atom. The summed E-state index contributed by atoms with van der Waals surface area (Å²) in [5.41, 5.74) is 0.877. The molecule has 0 unspecified atom stereocenters. The van der Waals surface area contributed by atoms with E-state index in [4.69, 9.17) is 0 Å². The fourth-order valence-electron chi connectivity index (χ4n) is 4.46. The Morgan fingerprint density at radius 1 is 0.576 bits per heavy atom. The first-order chi connectivity index (χ1) is 15.7. The Labute approximate surface area is 211 Å². The molecule has 0 N–H and O–H groups in total. The van der Waals surface area contributed by atoms with Crippen LogP contribution in [-0.4, -0.2) is 9.36 Å². The second-order valence-electron chi connectivity index (χ2n) is 7.72. The van der Waals surface area contributed by atoms with Gasteiger partial charge in [0.1, 0.15) is 15.9 Å². The van der Waals surface area contributed by atoms with Gasteiger partial charge in [-0.25, -0.2) is 4.68 Å². The van der Waals surface area contributed by atoms with Gasteiger partial charge in [-0.05, 0) is 48.5 Å². The average molecular weight is 562 g/mol. The minimum atomic E-state index is -2.42. The second kappa shape index (κ2) is 9.90. The van der Waals surface area contributed by atoms with Crippen LogP contribution in [0.1, 0.15) is 0 Å². The summed E-state index contributed by atoms with van der Waals surface area (Å²) in [5.74, 6) is 0. The lowest BCUT2D eigenvalue weighted by Crippen LogP contribution is -3.00. The number of rotatable bonds is 5. The van der Waals surface area contributed by atoms with E-state index in [9.17, 15) is 4.79 Å². The largest absolute Gasteiger partial charge is 1.00 e. The molecule has 0 atom stereocenters. The van der Waals surface area contributed by atoms with Crippen molar-refractivity contribution < 1.29 is 24.0 Å². The molecule has 0 radical (unpaired) electrons. The number of nitrogens with zero attached hydrogens (tertiary/aromatic N) is 2. The van der Waals surface area contributed by atoms with E-state index in [1.165, 1.54) is 15.9 Å². The Morgan fingerprint density at radius 3 is 1.33 bits per heavy atom. The molecule has 164 valence electrons. The standard InChI is InChI=1S/C28H24N2OP.HI/c1-29-22-27(28(31)30(29)23-14-6-2-7-15-23)32(24-16-8-3-9-17-24,25-18-10-4-11-19-25)26-20-12-5-13-21-26;/h2-22H,1H3;1H/q+1;/p-1. The van der Waals surface area contributed by atoms with E-state index < -0.39 is 7.26 Å². The van der Waals surface area contributed by atoms with Crippen LogP contribution in [0.2, 0.25) is 0 Å². The first-order valence-corrected chi connectivity index (χ1v) is 12.4. The number of halogens is 1. The summed E-state index contributed by atoms with van der Waals surface area (Å²) in [4.78, 5) is 14.1. The van der Waals surface area contributed by atoms with Crippen molar-refractivity contribution in [3.63, 3.8) is 0 Å². The highest BCUT2D eigenvalue weighted by Gasteiger charge is 2.51. The summed E-state index contributed by atoms with van der Waals surface area (Å²) in [6.07, 6.45) is 2.02. The van der Waals surface area contributed by atoms with Crippen LogP contribution in [0.4, 0.5) is 0 Å². The highest BCUT2D eigenvalue weighted by Crippen LogP contribution is 2.53. The molecule has 33 heavy (non-hydrogen) atoms. The fourth-order valence-corrected chi connectivity index (χ4v) is 8.77. The Bertz CT molecular complexity index is 1290. The number of hydrogen-bond acceptors (Lipinski definition) is 1. The minimum Gasteiger partial charge on any atom is -1.00 e. The highest BCUT2D eigenvalue weighted by molar-refractivity contribution is 8.01. The van der Waals surface area contributed by atoms with Gasteiger partial charge >= 0.3 is 5.56 Å². The first kappa shape index (κ1) is 23.2. The molecule has 1 heterocycles. The predicted octanol–water partition coefficient (Wildman–Crippen LogP) is 0.799. The van der Waals surface area contributed by atoms with Crippen molar-refractivity contribution in [1.29, 1.82) is 0 Å². The molecule has 0 saturated carbocycles. The molecule has 0 saturated heterocycles. The van der Waals surface area contributed by atoms with Gasteiger partial charge in [-0.1, -0.05) is 72.8 Å². The number of aryl methyl sites for hydroxylation is 1. The van der Waals surface area contributed by atoms with Crippen LogP contribution in [0.5, 0.6) is 0 Å². The number of benzene rings is 4. The molecule has 0 aliphatic carbocycles. The molecule has 0 amide bonds. The second-order valence-corrected chi connectivity index (χ2v) is 11.1. The smallest absolute Gasteiger partial charge is 0.315 e. The van der Waals surface area contributed by atoms with E-state index >= 15 is 0 Å². The zero-order chi connectivity index (χ0) is 22.0. The number of hydrogen-bond donors (Lipinski definition) is 0. The van der Waals surface area contributed by atoms with Gasteiger partial charge in [-0.2, -0.15) is 0 Å². The summed E-state index contributed by atoms with van der Waals surface area (Å²) in [6, 6.07) is 41.3. The molecular formula is C28H24IN2OP. The molecule has 4 aromatic carbocycles. The van der Waals surface area contributed by atoms with Crippen LogP contribution in [0.3, 0.4) is 0 Å². The average Bonchev–Trinajstić information content (AvgIpc) is 3.16. The predicted molar refractivity (Wildman–Crippen MR) is 136 cm³/mol. The maximum atomic E-state index is 14.1. The quantitative estimate of drug-likeness (QED) is 0.230. The van der Waals surface area contributed by atoms with Crippen LogP contribution < -0.4 is 50.8 Å². The molecule has 0 aliphatic heterocycles. The Hall–Kier alpha value is -2.95. The lowest BCUT2D eigenvalue weighted by molar-refractivity contribution is -0.00000629.